The van der Waals surface area contributed by atoms with Crippen molar-refractivity contribution >= 4 is 11.6 Å². The van der Waals surface area contributed by atoms with E-state index in [4.69, 9.17) is 9.72 Å². The van der Waals surface area contributed by atoms with Crippen molar-refractivity contribution in [3.8, 4) is 28.1 Å². The fourth-order valence-corrected chi connectivity index (χ4v) is 4.02. The number of amides is 1. The summed E-state index contributed by atoms with van der Waals surface area (Å²) in [4.78, 5) is 17.3. The molecular formula is C27H27N3O2. The number of benzene rings is 2. The Bertz CT molecular complexity index is 1240. The normalized spacial score (nSPS) is 13.3. The molecule has 2 aromatic heterocycles. The maximum atomic E-state index is 12.4. The number of imidazole rings is 1. The number of aryl methyl sites for hydroxylation is 1. The van der Waals surface area contributed by atoms with E-state index in [2.05, 4.69) is 46.2 Å². The van der Waals surface area contributed by atoms with Crippen LogP contribution in [-0.4, -0.2) is 27.9 Å². The van der Waals surface area contributed by atoms with Crippen molar-refractivity contribution in [1.29, 1.82) is 0 Å². The van der Waals surface area contributed by atoms with Gasteiger partial charge >= 0.3 is 0 Å². The maximum absolute atomic E-state index is 12.4. The second kappa shape index (κ2) is 8.87. The zero-order valence-electron chi connectivity index (χ0n) is 18.3. The van der Waals surface area contributed by atoms with E-state index in [0.29, 0.717) is 25.5 Å². The summed E-state index contributed by atoms with van der Waals surface area (Å²) in [6.07, 6.45) is 5.40. The number of aromatic nitrogens is 2. The molecule has 1 fully saturated rings. The molecule has 2 heterocycles. The summed E-state index contributed by atoms with van der Waals surface area (Å²) in [5.74, 6) is 0.972. The van der Waals surface area contributed by atoms with E-state index < -0.39 is 0 Å². The highest BCUT2D eigenvalue weighted by atomic mass is 16.5. The van der Waals surface area contributed by atoms with Crippen LogP contribution in [0, 0.1) is 0 Å². The number of carbonyl (C=O) groups is 1. The number of fused-ring (bicyclic) bond motifs is 1. The van der Waals surface area contributed by atoms with Crippen molar-refractivity contribution in [2.24, 2.45) is 0 Å². The molecule has 1 saturated carbocycles. The molecule has 0 atom stereocenters. The van der Waals surface area contributed by atoms with Gasteiger partial charge in [-0.25, -0.2) is 4.98 Å². The zero-order chi connectivity index (χ0) is 21.9. The van der Waals surface area contributed by atoms with E-state index in [1.165, 1.54) is 0 Å². The molecule has 0 spiro atoms. The Labute approximate surface area is 188 Å². The average Bonchev–Trinajstić information content (AvgIpc) is 3.56. The summed E-state index contributed by atoms with van der Waals surface area (Å²) >= 11 is 0. The lowest BCUT2D eigenvalue weighted by molar-refractivity contribution is -0.121. The Kier molecular flexibility index (Phi) is 5.63. The van der Waals surface area contributed by atoms with Gasteiger partial charge in [-0.1, -0.05) is 42.5 Å². The van der Waals surface area contributed by atoms with Crippen molar-refractivity contribution in [2.45, 2.75) is 38.6 Å². The number of nitrogens with zero attached hydrogens (tertiary/aromatic N) is 2. The summed E-state index contributed by atoms with van der Waals surface area (Å²) < 4.78 is 7.81. The number of carbonyl (C=O) groups excluding carboxylic acids is 1. The standard InChI is InChI=1S/C27H27N3O2/c1-2-32-23-10-6-9-20(17-23)21-11-15-25-29-27(19-7-4-3-5-8-19)24(30(25)18-21)14-16-26(31)28-22-12-13-22/h3-11,15,17-18,22H,2,12-14,16H2,1H3,(H,28,31). The van der Waals surface area contributed by atoms with Crippen molar-refractivity contribution in [3.05, 3.63) is 78.6 Å². The summed E-state index contributed by atoms with van der Waals surface area (Å²) in [5, 5.41) is 3.10. The fraction of sp³-hybridized carbons (Fsp3) is 0.259. The molecule has 32 heavy (non-hydrogen) atoms. The van der Waals surface area contributed by atoms with Crippen LogP contribution in [0.2, 0.25) is 0 Å². The van der Waals surface area contributed by atoms with Crippen LogP contribution >= 0.6 is 0 Å². The molecule has 2 aromatic carbocycles. The second-order valence-corrected chi connectivity index (χ2v) is 8.22. The molecule has 1 amide bonds. The first-order chi connectivity index (χ1) is 15.7. The minimum atomic E-state index is 0.113. The van der Waals surface area contributed by atoms with Gasteiger partial charge in [0.25, 0.3) is 0 Å². The lowest BCUT2D eigenvalue weighted by Gasteiger charge is -2.09. The molecule has 0 radical (unpaired) electrons. The predicted molar refractivity (Wildman–Crippen MR) is 127 cm³/mol. The van der Waals surface area contributed by atoms with E-state index in [0.717, 1.165) is 52.3 Å². The summed E-state index contributed by atoms with van der Waals surface area (Å²) in [6.45, 7) is 2.62. The van der Waals surface area contributed by atoms with Crippen molar-refractivity contribution in [1.82, 2.24) is 14.7 Å². The van der Waals surface area contributed by atoms with E-state index in [1.54, 1.807) is 0 Å². The van der Waals surface area contributed by atoms with E-state index in [9.17, 15) is 4.79 Å². The summed E-state index contributed by atoms with van der Waals surface area (Å²) in [7, 11) is 0. The molecular weight excluding hydrogens is 398 g/mol. The molecule has 5 heteroatoms. The van der Waals surface area contributed by atoms with E-state index in [1.807, 2.05) is 43.3 Å². The SMILES string of the molecule is CCOc1cccc(-c2ccc3nc(-c4ccccc4)c(CCC(=O)NC4CC4)n3c2)c1. The Morgan fingerprint density at radius 3 is 2.62 bits per heavy atom. The first kappa shape index (κ1) is 20.3. The van der Waals surface area contributed by atoms with E-state index >= 15 is 0 Å². The molecule has 1 aliphatic carbocycles. The zero-order valence-corrected chi connectivity index (χ0v) is 18.3. The number of nitrogens with one attached hydrogen (secondary N) is 1. The lowest BCUT2D eigenvalue weighted by atomic mass is 10.1. The molecule has 0 saturated heterocycles. The maximum Gasteiger partial charge on any atom is 0.220 e. The van der Waals surface area contributed by atoms with E-state index in [-0.39, 0.29) is 5.91 Å². The number of hydrogen-bond donors (Lipinski definition) is 1. The van der Waals surface area contributed by atoms with Crippen LogP contribution < -0.4 is 10.1 Å². The molecule has 0 bridgehead atoms. The Hall–Kier alpha value is -3.60. The van der Waals surface area contributed by atoms with Crippen molar-refractivity contribution in [2.75, 3.05) is 6.61 Å². The van der Waals surface area contributed by atoms with Crippen LogP contribution in [0.25, 0.3) is 28.0 Å². The van der Waals surface area contributed by atoms with Gasteiger partial charge in [0.15, 0.2) is 0 Å². The molecule has 5 nitrogen and oxygen atoms in total. The van der Waals surface area contributed by atoms with Gasteiger partial charge in [0, 0.05) is 24.2 Å². The average molecular weight is 426 g/mol. The predicted octanol–water partition coefficient (Wildman–Crippen LogP) is 5.28. The van der Waals surface area contributed by atoms with Gasteiger partial charge < -0.3 is 14.5 Å². The number of hydrogen-bond acceptors (Lipinski definition) is 3. The third kappa shape index (κ3) is 4.37. The highest BCUT2D eigenvalue weighted by Gasteiger charge is 2.23. The minimum absolute atomic E-state index is 0.113. The monoisotopic (exact) mass is 425 g/mol. The van der Waals surface area contributed by atoms with Crippen LogP contribution in [0.3, 0.4) is 0 Å². The summed E-state index contributed by atoms with van der Waals surface area (Å²) in [5.41, 5.74) is 6.11. The van der Waals surface area contributed by atoms with Crippen molar-refractivity contribution in [3.63, 3.8) is 0 Å². The quantitative estimate of drug-likeness (QED) is 0.418. The van der Waals surface area contributed by atoms with Crippen LogP contribution in [0.5, 0.6) is 5.75 Å². The largest absolute Gasteiger partial charge is 0.494 e. The van der Waals surface area contributed by atoms with Gasteiger partial charge in [0.1, 0.15) is 11.4 Å². The lowest BCUT2D eigenvalue weighted by Crippen LogP contribution is -2.25. The van der Waals surface area contributed by atoms with Gasteiger partial charge in [-0.3, -0.25) is 4.79 Å². The molecule has 4 aromatic rings. The van der Waals surface area contributed by atoms with Gasteiger partial charge in [0.05, 0.1) is 18.0 Å². The highest BCUT2D eigenvalue weighted by molar-refractivity contribution is 5.77. The van der Waals surface area contributed by atoms with Crippen LogP contribution in [-0.2, 0) is 11.2 Å². The number of pyridine rings is 1. The van der Waals surface area contributed by atoms with Gasteiger partial charge in [0.2, 0.25) is 5.91 Å². The molecule has 1 N–H and O–H groups in total. The molecule has 5 rings (SSSR count). The first-order valence-electron chi connectivity index (χ1n) is 11.3. The van der Waals surface area contributed by atoms with Crippen LogP contribution in [0.1, 0.15) is 31.9 Å². The fourth-order valence-electron chi connectivity index (χ4n) is 4.02. The third-order valence-corrected chi connectivity index (χ3v) is 5.77. The molecule has 1 aliphatic rings. The second-order valence-electron chi connectivity index (χ2n) is 8.22. The summed E-state index contributed by atoms with van der Waals surface area (Å²) in [6, 6.07) is 22.8. The third-order valence-electron chi connectivity index (χ3n) is 5.77. The molecule has 0 unspecified atom stereocenters. The van der Waals surface area contributed by atoms with Gasteiger partial charge in [-0.2, -0.15) is 0 Å². The smallest absolute Gasteiger partial charge is 0.220 e. The Morgan fingerprint density at radius 2 is 1.84 bits per heavy atom. The molecule has 0 aliphatic heterocycles. The topological polar surface area (TPSA) is 55.6 Å². The first-order valence-corrected chi connectivity index (χ1v) is 11.3. The molecule has 162 valence electrons. The van der Waals surface area contributed by atoms with Gasteiger partial charge in [-0.15, -0.1) is 0 Å². The van der Waals surface area contributed by atoms with Crippen molar-refractivity contribution < 1.29 is 9.53 Å². The van der Waals surface area contributed by atoms with Crippen LogP contribution in [0.15, 0.2) is 72.9 Å². The Balaban J connectivity index is 1.54. The van der Waals surface area contributed by atoms with Crippen LogP contribution in [0.4, 0.5) is 0 Å². The highest BCUT2D eigenvalue weighted by Crippen LogP contribution is 2.29. The Morgan fingerprint density at radius 1 is 1.03 bits per heavy atom. The number of ether oxygens (including phenoxy) is 1. The van der Waals surface area contributed by atoms with Gasteiger partial charge in [-0.05, 0) is 61.6 Å². The minimum Gasteiger partial charge on any atom is -0.494 e. The number of rotatable bonds is 8.